The standard InChI is InChI=1S/C9H17NO2/c1-7-8(3-4-11-7)12-9(2)5-10-6-9/h7-8,10H,3-6H2,1-2H3. The van der Waals surface area contributed by atoms with Crippen LogP contribution in [0, 0.1) is 0 Å². The highest BCUT2D eigenvalue weighted by atomic mass is 16.6. The third kappa shape index (κ3) is 1.49. The van der Waals surface area contributed by atoms with Gasteiger partial charge in [-0.1, -0.05) is 0 Å². The Morgan fingerprint density at radius 1 is 1.50 bits per heavy atom. The van der Waals surface area contributed by atoms with Crippen molar-refractivity contribution >= 4 is 0 Å². The Bertz CT molecular complexity index is 168. The minimum absolute atomic E-state index is 0.0760. The fourth-order valence-electron chi connectivity index (χ4n) is 1.79. The van der Waals surface area contributed by atoms with E-state index in [0.717, 1.165) is 26.1 Å². The van der Waals surface area contributed by atoms with Gasteiger partial charge in [-0.25, -0.2) is 0 Å². The molecule has 0 radical (unpaired) electrons. The highest BCUT2D eigenvalue weighted by molar-refractivity contribution is 4.92. The predicted octanol–water partition coefficient (Wildman–Crippen LogP) is 0.542. The molecular weight excluding hydrogens is 154 g/mol. The molecule has 0 aliphatic carbocycles. The average Bonchev–Trinajstić information content (AvgIpc) is 2.34. The Labute approximate surface area is 73.4 Å². The first-order valence-corrected chi connectivity index (χ1v) is 4.70. The number of hydrogen-bond donors (Lipinski definition) is 1. The SMILES string of the molecule is CC1OCCC1OC1(C)CNC1. The molecule has 2 fully saturated rings. The summed E-state index contributed by atoms with van der Waals surface area (Å²) in [7, 11) is 0. The van der Waals surface area contributed by atoms with Crippen LogP contribution in [-0.2, 0) is 9.47 Å². The molecule has 0 amide bonds. The summed E-state index contributed by atoms with van der Waals surface area (Å²) in [5.41, 5.74) is 0.0760. The fraction of sp³-hybridized carbons (Fsp3) is 1.00. The quantitative estimate of drug-likeness (QED) is 0.658. The molecule has 0 saturated carbocycles. The van der Waals surface area contributed by atoms with E-state index in [1.807, 2.05) is 0 Å². The van der Waals surface area contributed by atoms with E-state index in [1.54, 1.807) is 0 Å². The smallest absolute Gasteiger partial charge is 0.0906 e. The van der Waals surface area contributed by atoms with Crippen LogP contribution in [0.3, 0.4) is 0 Å². The fourth-order valence-corrected chi connectivity index (χ4v) is 1.79. The van der Waals surface area contributed by atoms with Crippen molar-refractivity contribution < 1.29 is 9.47 Å². The molecular formula is C9H17NO2. The summed E-state index contributed by atoms with van der Waals surface area (Å²) in [4.78, 5) is 0. The monoisotopic (exact) mass is 171 g/mol. The summed E-state index contributed by atoms with van der Waals surface area (Å²) < 4.78 is 11.4. The van der Waals surface area contributed by atoms with Crippen LogP contribution >= 0.6 is 0 Å². The third-order valence-corrected chi connectivity index (χ3v) is 2.74. The first kappa shape index (κ1) is 8.48. The van der Waals surface area contributed by atoms with Gasteiger partial charge in [0.15, 0.2) is 0 Å². The molecule has 3 heteroatoms. The molecule has 2 aliphatic rings. The van der Waals surface area contributed by atoms with E-state index in [9.17, 15) is 0 Å². The lowest BCUT2D eigenvalue weighted by Gasteiger charge is -2.41. The Hall–Kier alpha value is -0.120. The van der Waals surface area contributed by atoms with Gasteiger partial charge in [-0.2, -0.15) is 0 Å². The lowest BCUT2D eigenvalue weighted by molar-refractivity contribution is -0.126. The summed E-state index contributed by atoms with van der Waals surface area (Å²) in [5, 5.41) is 3.22. The molecule has 0 spiro atoms. The predicted molar refractivity (Wildman–Crippen MR) is 46.2 cm³/mol. The highest BCUT2D eigenvalue weighted by Crippen LogP contribution is 2.25. The van der Waals surface area contributed by atoms with Crippen LogP contribution in [0.5, 0.6) is 0 Å². The molecule has 0 bridgehead atoms. The van der Waals surface area contributed by atoms with Gasteiger partial charge >= 0.3 is 0 Å². The van der Waals surface area contributed by atoms with E-state index in [-0.39, 0.29) is 11.7 Å². The molecule has 2 atom stereocenters. The second kappa shape index (κ2) is 2.98. The number of hydrogen-bond acceptors (Lipinski definition) is 3. The summed E-state index contributed by atoms with van der Waals surface area (Å²) in [6.07, 6.45) is 1.65. The van der Waals surface area contributed by atoms with Gasteiger partial charge in [-0.3, -0.25) is 0 Å². The van der Waals surface area contributed by atoms with Gasteiger partial charge in [0.05, 0.1) is 17.8 Å². The van der Waals surface area contributed by atoms with Crippen molar-refractivity contribution in [2.45, 2.75) is 38.1 Å². The second-order valence-electron chi connectivity index (χ2n) is 4.07. The van der Waals surface area contributed by atoms with Crippen molar-refractivity contribution in [1.82, 2.24) is 5.32 Å². The largest absolute Gasteiger partial charge is 0.376 e. The number of ether oxygens (including phenoxy) is 2. The minimum Gasteiger partial charge on any atom is -0.376 e. The van der Waals surface area contributed by atoms with Crippen molar-refractivity contribution in [3.63, 3.8) is 0 Å². The van der Waals surface area contributed by atoms with Crippen molar-refractivity contribution in [3.05, 3.63) is 0 Å². The van der Waals surface area contributed by atoms with Crippen molar-refractivity contribution in [2.75, 3.05) is 19.7 Å². The lowest BCUT2D eigenvalue weighted by Crippen LogP contribution is -2.60. The summed E-state index contributed by atoms with van der Waals surface area (Å²) in [6.45, 7) is 7.07. The Kier molecular flexibility index (Phi) is 2.10. The van der Waals surface area contributed by atoms with Crippen molar-refractivity contribution in [1.29, 1.82) is 0 Å². The Balaban J connectivity index is 1.85. The molecule has 1 N–H and O–H groups in total. The van der Waals surface area contributed by atoms with Gasteiger partial charge < -0.3 is 14.8 Å². The van der Waals surface area contributed by atoms with Crippen LogP contribution in [0.25, 0.3) is 0 Å². The second-order valence-corrected chi connectivity index (χ2v) is 4.07. The zero-order valence-electron chi connectivity index (χ0n) is 7.80. The zero-order chi connectivity index (χ0) is 8.60. The van der Waals surface area contributed by atoms with Crippen LogP contribution in [0.2, 0.25) is 0 Å². The molecule has 2 aliphatic heterocycles. The average molecular weight is 171 g/mol. The van der Waals surface area contributed by atoms with Crippen LogP contribution in [-0.4, -0.2) is 37.5 Å². The number of rotatable bonds is 2. The first-order chi connectivity index (χ1) is 5.70. The molecule has 2 saturated heterocycles. The zero-order valence-corrected chi connectivity index (χ0v) is 7.80. The van der Waals surface area contributed by atoms with Crippen LogP contribution < -0.4 is 5.32 Å². The minimum atomic E-state index is 0.0760. The van der Waals surface area contributed by atoms with E-state index >= 15 is 0 Å². The van der Waals surface area contributed by atoms with E-state index in [0.29, 0.717) is 6.10 Å². The highest BCUT2D eigenvalue weighted by Gasteiger charge is 2.38. The van der Waals surface area contributed by atoms with E-state index in [2.05, 4.69) is 19.2 Å². The van der Waals surface area contributed by atoms with Crippen LogP contribution in [0.4, 0.5) is 0 Å². The molecule has 3 nitrogen and oxygen atoms in total. The lowest BCUT2D eigenvalue weighted by atomic mass is 9.99. The topological polar surface area (TPSA) is 30.5 Å². The van der Waals surface area contributed by atoms with E-state index in [4.69, 9.17) is 9.47 Å². The summed E-state index contributed by atoms with van der Waals surface area (Å²) in [5.74, 6) is 0. The first-order valence-electron chi connectivity index (χ1n) is 4.70. The summed E-state index contributed by atoms with van der Waals surface area (Å²) in [6, 6.07) is 0. The third-order valence-electron chi connectivity index (χ3n) is 2.74. The molecule has 0 aromatic carbocycles. The van der Waals surface area contributed by atoms with Crippen molar-refractivity contribution in [3.8, 4) is 0 Å². The molecule has 2 unspecified atom stereocenters. The maximum atomic E-state index is 5.96. The van der Waals surface area contributed by atoms with E-state index in [1.165, 1.54) is 0 Å². The van der Waals surface area contributed by atoms with Gasteiger partial charge in [0.25, 0.3) is 0 Å². The van der Waals surface area contributed by atoms with Gasteiger partial charge in [-0.15, -0.1) is 0 Å². The molecule has 70 valence electrons. The van der Waals surface area contributed by atoms with Gasteiger partial charge in [0.2, 0.25) is 0 Å². The molecule has 2 heterocycles. The number of nitrogens with one attached hydrogen (secondary N) is 1. The van der Waals surface area contributed by atoms with Gasteiger partial charge in [0.1, 0.15) is 0 Å². The molecule has 12 heavy (non-hydrogen) atoms. The van der Waals surface area contributed by atoms with Gasteiger partial charge in [-0.05, 0) is 20.3 Å². The van der Waals surface area contributed by atoms with Crippen LogP contribution in [0.1, 0.15) is 20.3 Å². The molecule has 2 rings (SSSR count). The molecule has 0 aromatic heterocycles. The van der Waals surface area contributed by atoms with Crippen LogP contribution in [0.15, 0.2) is 0 Å². The Morgan fingerprint density at radius 2 is 2.25 bits per heavy atom. The Morgan fingerprint density at radius 3 is 2.67 bits per heavy atom. The maximum Gasteiger partial charge on any atom is 0.0906 e. The normalized spacial score (nSPS) is 39.5. The summed E-state index contributed by atoms with van der Waals surface area (Å²) >= 11 is 0. The van der Waals surface area contributed by atoms with Gasteiger partial charge in [0, 0.05) is 19.7 Å². The molecule has 0 aromatic rings. The maximum absolute atomic E-state index is 5.96. The van der Waals surface area contributed by atoms with E-state index < -0.39 is 0 Å². The van der Waals surface area contributed by atoms with Crippen molar-refractivity contribution in [2.24, 2.45) is 0 Å².